The fraction of sp³-hybridized carbons (Fsp3) is 0.625. The molecule has 1 aromatic rings. The first-order valence-electron chi connectivity index (χ1n) is 7.26. The molecule has 100 valence electrons. The average Bonchev–Trinajstić information content (AvgIpc) is 2.33. The number of benzene rings is 1. The lowest BCUT2D eigenvalue weighted by molar-refractivity contribution is 0.259. The topological polar surface area (TPSA) is 12.0 Å². The molecule has 1 atom stereocenters. The molecule has 1 nitrogen and oxygen atoms in total. The Morgan fingerprint density at radius 1 is 1.33 bits per heavy atom. The molecule has 0 saturated heterocycles. The van der Waals surface area contributed by atoms with E-state index in [9.17, 15) is 0 Å². The Balaban J connectivity index is 1.92. The molecular formula is C16H24BrN. The van der Waals surface area contributed by atoms with Crippen molar-refractivity contribution in [2.75, 3.05) is 6.54 Å². The summed E-state index contributed by atoms with van der Waals surface area (Å²) < 4.78 is 1.25. The Morgan fingerprint density at radius 3 is 2.72 bits per heavy atom. The highest BCUT2D eigenvalue weighted by Gasteiger charge is 2.22. The van der Waals surface area contributed by atoms with Crippen LogP contribution in [0.4, 0.5) is 0 Å². The zero-order chi connectivity index (χ0) is 12.8. The van der Waals surface area contributed by atoms with Gasteiger partial charge < -0.3 is 5.32 Å². The molecule has 18 heavy (non-hydrogen) atoms. The van der Waals surface area contributed by atoms with E-state index in [1.54, 1.807) is 0 Å². The van der Waals surface area contributed by atoms with Gasteiger partial charge in [-0.3, -0.25) is 0 Å². The molecule has 1 aliphatic rings. The van der Waals surface area contributed by atoms with Crippen LogP contribution in [0.25, 0.3) is 0 Å². The molecular weight excluding hydrogens is 286 g/mol. The molecule has 0 bridgehead atoms. The zero-order valence-electron chi connectivity index (χ0n) is 11.3. The third-order valence-corrected chi connectivity index (χ3v) is 4.72. The second kappa shape index (κ2) is 7.30. The monoisotopic (exact) mass is 309 g/mol. The van der Waals surface area contributed by atoms with Crippen LogP contribution in [-0.2, 0) is 6.42 Å². The highest BCUT2D eigenvalue weighted by atomic mass is 79.9. The van der Waals surface area contributed by atoms with E-state index in [0.717, 1.165) is 18.9 Å². The van der Waals surface area contributed by atoms with Crippen LogP contribution in [0.5, 0.6) is 0 Å². The average molecular weight is 310 g/mol. The molecule has 1 fully saturated rings. The quantitative estimate of drug-likeness (QED) is 0.779. The van der Waals surface area contributed by atoms with Gasteiger partial charge in [0.25, 0.3) is 0 Å². The highest BCUT2D eigenvalue weighted by molar-refractivity contribution is 9.10. The Bertz CT molecular complexity index is 360. The van der Waals surface area contributed by atoms with Gasteiger partial charge in [0.1, 0.15) is 0 Å². The summed E-state index contributed by atoms with van der Waals surface area (Å²) >= 11 is 3.66. The minimum Gasteiger partial charge on any atom is -0.314 e. The van der Waals surface area contributed by atoms with Gasteiger partial charge in [0.15, 0.2) is 0 Å². The van der Waals surface area contributed by atoms with Gasteiger partial charge >= 0.3 is 0 Å². The molecule has 2 heteroatoms. The van der Waals surface area contributed by atoms with Gasteiger partial charge in [0, 0.05) is 10.5 Å². The van der Waals surface area contributed by atoms with Gasteiger partial charge in [-0.15, -0.1) is 0 Å². The summed E-state index contributed by atoms with van der Waals surface area (Å²) in [5.41, 5.74) is 1.44. The van der Waals surface area contributed by atoms with Crippen molar-refractivity contribution in [3.05, 3.63) is 34.3 Å². The first-order chi connectivity index (χ1) is 8.79. The fourth-order valence-electron chi connectivity index (χ4n) is 2.65. The van der Waals surface area contributed by atoms with E-state index in [0.29, 0.717) is 6.04 Å². The normalized spacial score (nSPS) is 17.4. The zero-order valence-corrected chi connectivity index (χ0v) is 12.9. The second-order valence-corrected chi connectivity index (χ2v) is 6.33. The van der Waals surface area contributed by atoms with Crippen LogP contribution >= 0.6 is 15.9 Å². The largest absolute Gasteiger partial charge is 0.314 e. The van der Waals surface area contributed by atoms with E-state index < -0.39 is 0 Å². The minimum atomic E-state index is 0.647. The number of hydrogen-bond donors (Lipinski definition) is 1. The second-order valence-electron chi connectivity index (χ2n) is 5.48. The number of halogens is 1. The van der Waals surface area contributed by atoms with Crippen molar-refractivity contribution >= 4 is 15.9 Å². The highest BCUT2D eigenvalue weighted by Crippen LogP contribution is 2.31. The van der Waals surface area contributed by atoms with Crippen molar-refractivity contribution in [1.82, 2.24) is 5.32 Å². The number of hydrogen-bond acceptors (Lipinski definition) is 1. The summed E-state index contributed by atoms with van der Waals surface area (Å²) in [7, 11) is 0. The lowest BCUT2D eigenvalue weighted by Gasteiger charge is -2.30. The van der Waals surface area contributed by atoms with E-state index in [-0.39, 0.29) is 0 Å². The van der Waals surface area contributed by atoms with Crippen molar-refractivity contribution in [2.24, 2.45) is 5.92 Å². The standard InChI is InChI=1S/C16H24BrN/c1-2-10-18-15(11-13-6-5-7-13)12-14-8-3-4-9-16(14)17/h3-4,8-9,13,15,18H,2,5-7,10-12H2,1H3. The van der Waals surface area contributed by atoms with Crippen molar-refractivity contribution in [2.45, 2.75) is 51.5 Å². The maximum Gasteiger partial charge on any atom is 0.0207 e. The maximum atomic E-state index is 3.72. The molecule has 0 aromatic heterocycles. The van der Waals surface area contributed by atoms with E-state index >= 15 is 0 Å². The predicted molar refractivity (Wildman–Crippen MR) is 81.9 cm³/mol. The molecule has 1 aliphatic carbocycles. The first kappa shape index (κ1) is 14.1. The summed E-state index contributed by atoms with van der Waals surface area (Å²) in [6.45, 7) is 3.38. The minimum absolute atomic E-state index is 0.647. The van der Waals surface area contributed by atoms with Gasteiger partial charge in [-0.25, -0.2) is 0 Å². The molecule has 0 radical (unpaired) electrons. The van der Waals surface area contributed by atoms with E-state index in [1.165, 1.54) is 42.1 Å². The third kappa shape index (κ3) is 4.10. The summed E-state index contributed by atoms with van der Waals surface area (Å²) in [5, 5.41) is 3.72. The summed E-state index contributed by atoms with van der Waals surface area (Å²) in [6.07, 6.45) is 8.05. The Hall–Kier alpha value is -0.340. The third-order valence-electron chi connectivity index (χ3n) is 3.95. The van der Waals surface area contributed by atoms with Crippen LogP contribution in [0, 0.1) is 5.92 Å². The van der Waals surface area contributed by atoms with Crippen LogP contribution < -0.4 is 5.32 Å². The smallest absolute Gasteiger partial charge is 0.0207 e. The van der Waals surface area contributed by atoms with Crippen LogP contribution in [0.3, 0.4) is 0 Å². The molecule has 0 heterocycles. The Kier molecular flexibility index (Phi) is 5.71. The first-order valence-corrected chi connectivity index (χ1v) is 8.05. The van der Waals surface area contributed by atoms with Crippen molar-refractivity contribution in [1.29, 1.82) is 0 Å². The lowest BCUT2D eigenvalue weighted by atomic mass is 9.80. The Morgan fingerprint density at radius 2 is 2.11 bits per heavy atom. The van der Waals surface area contributed by atoms with Gasteiger partial charge in [-0.1, -0.05) is 60.3 Å². The molecule has 0 spiro atoms. The molecule has 1 aromatic carbocycles. The van der Waals surface area contributed by atoms with Crippen LogP contribution in [-0.4, -0.2) is 12.6 Å². The predicted octanol–water partition coefficient (Wildman–Crippen LogP) is 4.55. The molecule has 1 unspecified atom stereocenters. The maximum absolute atomic E-state index is 3.72. The van der Waals surface area contributed by atoms with Gasteiger partial charge in [-0.05, 0) is 43.4 Å². The van der Waals surface area contributed by atoms with E-state index in [1.807, 2.05) is 0 Å². The SMILES string of the molecule is CCCNC(Cc1ccccc1Br)CC1CCC1. The van der Waals surface area contributed by atoms with Gasteiger partial charge in [-0.2, -0.15) is 0 Å². The molecule has 0 amide bonds. The lowest BCUT2D eigenvalue weighted by Crippen LogP contribution is -2.35. The fourth-order valence-corrected chi connectivity index (χ4v) is 3.09. The van der Waals surface area contributed by atoms with Crippen molar-refractivity contribution < 1.29 is 0 Å². The van der Waals surface area contributed by atoms with E-state index in [2.05, 4.69) is 52.4 Å². The Labute approximate surface area is 119 Å². The summed E-state index contributed by atoms with van der Waals surface area (Å²) in [6, 6.07) is 9.27. The molecule has 1 saturated carbocycles. The van der Waals surface area contributed by atoms with Crippen molar-refractivity contribution in [3.8, 4) is 0 Å². The number of nitrogens with one attached hydrogen (secondary N) is 1. The number of rotatable bonds is 7. The summed E-state index contributed by atoms with van der Waals surface area (Å²) in [4.78, 5) is 0. The van der Waals surface area contributed by atoms with Crippen LogP contribution in [0.1, 0.15) is 44.6 Å². The molecule has 0 aliphatic heterocycles. The van der Waals surface area contributed by atoms with Gasteiger partial charge in [0.05, 0.1) is 0 Å². The van der Waals surface area contributed by atoms with Crippen LogP contribution in [0.2, 0.25) is 0 Å². The molecule has 2 rings (SSSR count). The molecule has 1 N–H and O–H groups in total. The van der Waals surface area contributed by atoms with Gasteiger partial charge in [0.2, 0.25) is 0 Å². The van der Waals surface area contributed by atoms with Crippen molar-refractivity contribution in [3.63, 3.8) is 0 Å². The summed E-state index contributed by atoms with van der Waals surface area (Å²) in [5.74, 6) is 0.974. The van der Waals surface area contributed by atoms with E-state index in [4.69, 9.17) is 0 Å². The van der Waals surface area contributed by atoms with Crippen LogP contribution in [0.15, 0.2) is 28.7 Å².